The Morgan fingerprint density at radius 3 is 1.94 bits per heavy atom. The Kier molecular flexibility index (Phi) is 6.49. The normalized spacial score (nSPS) is 24.6. The summed E-state index contributed by atoms with van der Waals surface area (Å²) in [5.41, 5.74) is 5.50. The van der Waals surface area contributed by atoms with Crippen molar-refractivity contribution in [2.75, 3.05) is 19.6 Å². The van der Waals surface area contributed by atoms with Gasteiger partial charge >= 0.3 is 0 Å². The predicted molar refractivity (Wildman–Crippen MR) is 74.2 cm³/mol. The number of amides is 1. The van der Waals surface area contributed by atoms with E-state index in [1.54, 1.807) is 0 Å². The van der Waals surface area contributed by atoms with Crippen molar-refractivity contribution in [2.24, 2.45) is 23.0 Å². The van der Waals surface area contributed by atoms with Crippen LogP contribution in [0.3, 0.4) is 0 Å². The highest BCUT2D eigenvalue weighted by Gasteiger charge is 2.40. The van der Waals surface area contributed by atoms with Crippen molar-refractivity contribution in [3.8, 4) is 0 Å². The van der Waals surface area contributed by atoms with E-state index in [4.69, 9.17) is 5.73 Å². The first-order chi connectivity index (χ1) is 7.50. The minimum Gasteiger partial charge on any atom is -0.342 e. The Balaban J connectivity index is 0.00000256. The zero-order valence-corrected chi connectivity index (χ0v) is 12.3. The number of rotatable bonds is 4. The van der Waals surface area contributed by atoms with Crippen LogP contribution in [0.15, 0.2) is 0 Å². The van der Waals surface area contributed by atoms with Crippen molar-refractivity contribution >= 4 is 18.3 Å². The molecule has 0 aromatic rings. The summed E-state index contributed by atoms with van der Waals surface area (Å²) in [5.74, 6) is 1.51. The number of nitrogens with two attached hydrogens (primary N) is 1. The lowest BCUT2D eigenvalue weighted by Crippen LogP contribution is -2.46. The van der Waals surface area contributed by atoms with E-state index in [1.807, 2.05) is 4.90 Å². The van der Waals surface area contributed by atoms with Crippen LogP contribution < -0.4 is 5.73 Å². The summed E-state index contributed by atoms with van der Waals surface area (Å²) in [6.07, 6.45) is 1.69. The second-order valence-corrected chi connectivity index (χ2v) is 5.36. The first-order valence-electron chi connectivity index (χ1n) is 6.50. The predicted octanol–water partition coefficient (Wildman–Crippen LogP) is 2.29. The molecule has 0 spiro atoms. The molecule has 1 heterocycles. The van der Waals surface area contributed by atoms with Gasteiger partial charge in [-0.25, -0.2) is 0 Å². The maximum atomic E-state index is 12.5. The molecule has 0 radical (unpaired) electrons. The molecule has 1 saturated heterocycles. The lowest BCUT2D eigenvalue weighted by atomic mass is 9.81. The zero-order valence-electron chi connectivity index (χ0n) is 11.5. The van der Waals surface area contributed by atoms with Crippen molar-refractivity contribution < 1.29 is 4.79 Å². The van der Waals surface area contributed by atoms with Crippen molar-refractivity contribution in [1.29, 1.82) is 0 Å². The molecule has 0 saturated carbocycles. The van der Waals surface area contributed by atoms with Crippen LogP contribution in [0.25, 0.3) is 0 Å². The number of likely N-dealkylation sites (tertiary alicyclic amines) is 1. The lowest BCUT2D eigenvalue weighted by Gasteiger charge is -2.33. The third-order valence-corrected chi connectivity index (χ3v) is 4.47. The number of carbonyl (C=O) groups is 1. The molecule has 0 bridgehead atoms. The van der Waals surface area contributed by atoms with Gasteiger partial charge in [0.2, 0.25) is 5.91 Å². The van der Waals surface area contributed by atoms with E-state index >= 15 is 0 Å². The van der Waals surface area contributed by atoms with Crippen LogP contribution in [0.5, 0.6) is 0 Å². The minimum atomic E-state index is -0.316. The topological polar surface area (TPSA) is 46.3 Å². The van der Waals surface area contributed by atoms with Gasteiger partial charge in [0.25, 0.3) is 0 Å². The Morgan fingerprint density at radius 1 is 1.24 bits per heavy atom. The number of nitrogens with zero attached hydrogens (tertiary/aromatic N) is 1. The summed E-state index contributed by atoms with van der Waals surface area (Å²) in [6, 6.07) is 0. The third-order valence-electron chi connectivity index (χ3n) is 4.47. The molecule has 1 amide bonds. The molecule has 0 aliphatic carbocycles. The van der Waals surface area contributed by atoms with Crippen molar-refractivity contribution in [1.82, 2.24) is 4.90 Å². The molecule has 2 unspecified atom stereocenters. The van der Waals surface area contributed by atoms with Gasteiger partial charge in [0, 0.05) is 19.6 Å². The van der Waals surface area contributed by atoms with Crippen molar-refractivity contribution in [2.45, 2.75) is 40.5 Å². The second-order valence-electron chi connectivity index (χ2n) is 5.36. The quantitative estimate of drug-likeness (QED) is 0.845. The highest BCUT2D eigenvalue weighted by atomic mass is 35.5. The van der Waals surface area contributed by atoms with E-state index in [1.165, 1.54) is 0 Å². The van der Waals surface area contributed by atoms with Gasteiger partial charge in [0.05, 0.1) is 5.41 Å². The number of hydrogen-bond acceptors (Lipinski definition) is 2. The van der Waals surface area contributed by atoms with Crippen LogP contribution in [0, 0.1) is 17.3 Å². The van der Waals surface area contributed by atoms with E-state index in [9.17, 15) is 4.79 Å². The van der Waals surface area contributed by atoms with E-state index in [0.717, 1.165) is 25.9 Å². The van der Waals surface area contributed by atoms with E-state index in [2.05, 4.69) is 27.7 Å². The van der Waals surface area contributed by atoms with Crippen LogP contribution in [0.1, 0.15) is 40.5 Å². The van der Waals surface area contributed by atoms with Gasteiger partial charge < -0.3 is 10.6 Å². The fourth-order valence-electron chi connectivity index (χ4n) is 2.56. The molecule has 2 N–H and O–H groups in total. The highest BCUT2D eigenvalue weighted by molar-refractivity contribution is 5.85. The Morgan fingerprint density at radius 2 is 1.65 bits per heavy atom. The van der Waals surface area contributed by atoms with Gasteiger partial charge in [0.15, 0.2) is 0 Å². The molecule has 0 aromatic carbocycles. The van der Waals surface area contributed by atoms with E-state index in [-0.39, 0.29) is 23.7 Å². The van der Waals surface area contributed by atoms with Gasteiger partial charge in [-0.2, -0.15) is 0 Å². The van der Waals surface area contributed by atoms with Gasteiger partial charge in [-0.1, -0.05) is 27.7 Å². The summed E-state index contributed by atoms with van der Waals surface area (Å²) in [4.78, 5) is 14.5. The second kappa shape index (κ2) is 6.60. The van der Waals surface area contributed by atoms with Gasteiger partial charge in [0.1, 0.15) is 0 Å². The molecule has 2 atom stereocenters. The summed E-state index contributed by atoms with van der Waals surface area (Å²) >= 11 is 0. The van der Waals surface area contributed by atoms with E-state index < -0.39 is 0 Å². The van der Waals surface area contributed by atoms with Crippen LogP contribution in [0.4, 0.5) is 0 Å². The molecule has 1 aliphatic heterocycles. The fourth-order valence-corrected chi connectivity index (χ4v) is 2.56. The molecule has 1 fully saturated rings. The Bertz CT molecular complexity index is 236. The maximum absolute atomic E-state index is 12.5. The molecule has 0 aromatic heterocycles. The van der Waals surface area contributed by atoms with Crippen LogP contribution in [-0.2, 0) is 4.79 Å². The molecule has 1 aliphatic rings. The molecule has 4 heteroatoms. The number of carbonyl (C=O) groups excluding carboxylic acids is 1. The average Bonchev–Trinajstić information content (AvgIpc) is 2.62. The smallest absolute Gasteiger partial charge is 0.230 e. The zero-order chi connectivity index (χ0) is 12.3. The van der Waals surface area contributed by atoms with Gasteiger partial charge in [-0.15, -0.1) is 12.4 Å². The number of hydrogen-bond donors (Lipinski definition) is 1. The number of halogens is 1. The largest absolute Gasteiger partial charge is 0.342 e. The average molecular weight is 263 g/mol. The summed E-state index contributed by atoms with van der Waals surface area (Å²) in [6.45, 7) is 10.9. The molecule has 1 rings (SSSR count). The van der Waals surface area contributed by atoms with Crippen LogP contribution >= 0.6 is 12.4 Å². The maximum Gasteiger partial charge on any atom is 0.230 e. The van der Waals surface area contributed by atoms with E-state index in [0.29, 0.717) is 18.4 Å². The standard InChI is InChI=1S/C13H26N2O.ClH/c1-5-13(6-2,9-14)12(16)15-7-10(3)11(4)8-15;/h10-11H,5-9,14H2,1-4H3;1H. The summed E-state index contributed by atoms with van der Waals surface area (Å²) in [5, 5.41) is 0. The van der Waals surface area contributed by atoms with Crippen LogP contribution in [0.2, 0.25) is 0 Å². The van der Waals surface area contributed by atoms with Gasteiger partial charge in [-0.05, 0) is 24.7 Å². The third kappa shape index (κ3) is 3.14. The Hall–Kier alpha value is -0.280. The van der Waals surface area contributed by atoms with Gasteiger partial charge in [-0.3, -0.25) is 4.79 Å². The molecule has 3 nitrogen and oxygen atoms in total. The molecule has 17 heavy (non-hydrogen) atoms. The SMILES string of the molecule is CCC(CC)(CN)C(=O)N1CC(C)C(C)C1.Cl. The molecule has 102 valence electrons. The van der Waals surface area contributed by atoms with Crippen LogP contribution in [-0.4, -0.2) is 30.4 Å². The van der Waals surface area contributed by atoms with Crippen molar-refractivity contribution in [3.05, 3.63) is 0 Å². The Labute approximate surface area is 112 Å². The lowest BCUT2D eigenvalue weighted by molar-refractivity contribution is -0.141. The van der Waals surface area contributed by atoms with Crippen molar-refractivity contribution in [3.63, 3.8) is 0 Å². The highest BCUT2D eigenvalue weighted by Crippen LogP contribution is 2.32. The summed E-state index contributed by atoms with van der Waals surface area (Å²) in [7, 11) is 0. The first kappa shape index (κ1) is 16.7. The molecular formula is C13H27ClN2O. The summed E-state index contributed by atoms with van der Waals surface area (Å²) < 4.78 is 0. The molecular weight excluding hydrogens is 236 g/mol. The monoisotopic (exact) mass is 262 g/mol. The fraction of sp³-hybridized carbons (Fsp3) is 0.923. The minimum absolute atomic E-state index is 0. The first-order valence-corrected chi connectivity index (χ1v) is 6.50.